The lowest BCUT2D eigenvalue weighted by atomic mass is 10.0. The van der Waals surface area contributed by atoms with Gasteiger partial charge in [-0.05, 0) is 36.8 Å². The van der Waals surface area contributed by atoms with Gasteiger partial charge < -0.3 is 9.47 Å². The van der Waals surface area contributed by atoms with Crippen LogP contribution in [0, 0.1) is 0 Å². The van der Waals surface area contributed by atoms with Gasteiger partial charge in [-0.25, -0.2) is 0 Å². The molecule has 2 unspecified atom stereocenters. The predicted octanol–water partition coefficient (Wildman–Crippen LogP) is 3.42. The summed E-state index contributed by atoms with van der Waals surface area (Å²) in [4.78, 5) is 22.1. The highest BCUT2D eigenvalue weighted by Gasteiger charge is 2.15. The third-order valence-corrected chi connectivity index (χ3v) is 4.97. The van der Waals surface area contributed by atoms with E-state index in [2.05, 4.69) is 41.3 Å². The van der Waals surface area contributed by atoms with Gasteiger partial charge >= 0.3 is 11.9 Å². The molecule has 0 saturated carbocycles. The van der Waals surface area contributed by atoms with Gasteiger partial charge in [0.2, 0.25) is 0 Å². The molecule has 0 spiro atoms. The molecule has 0 aliphatic carbocycles. The van der Waals surface area contributed by atoms with Gasteiger partial charge in [0, 0.05) is 0 Å². The van der Waals surface area contributed by atoms with E-state index in [0.717, 1.165) is 12.8 Å². The van der Waals surface area contributed by atoms with Crippen LogP contribution >= 0.6 is 31.9 Å². The van der Waals surface area contributed by atoms with E-state index in [1.165, 1.54) is 25.3 Å². The largest absolute Gasteiger partial charge is 0.468 e. The zero-order valence-electron chi connectivity index (χ0n) is 12.7. The van der Waals surface area contributed by atoms with Crippen LogP contribution in [0.25, 0.3) is 0 Å². The molecule has 1 aromatic carbocycles. The molecule has 0 heterocycles. The van der Waals surface area contributed by atoms with Crippen molar-refractivity contribution in [2.24, 2.45) is 0 Å². The quantitative estimate of drug-likeness (QED) is 0.463. The third-order valence-electron chi connectivity index (χ3n) is 3.31. The summed E-state index contributed by atoms with van der Waals surface area (Å²) in [7, 11) is 2.77. The maximum atomic E-state index is 11.3. The maximum absolute atomic E-state index is 11.3. The van der Waals surface area contributed by atoms with E-state index < -0.39 is 0 Å². The molecule has 0 fully saturated rings. The Morgan fingerprint density at radius 3 is 1.45 bits per heavy atom. The summed E-state index contributed by atoms with van der Waals surface area (Å²) < 4.78 is 9.35. The van der Waals surface area contributed by atoms with Crippen molar-refractivity contribution in [2.75, 3.05) is 14.2 Å². The zero-order chi connectivity index (χ0) is 16.5. The van der Waals surface area contributed by atoms with Crippen LogP contribution in [-0.2, 0) is 31.9 Å². The highest BCUT2D eigenvalue weighted by molar-refractivity contribution is 9.10. The van der Waals surface area contributed by atoms with E-state index in [4.69, 9.17) is 0 Å². The maximum Gasteiger partial charge on any atom is 0.319 e. The van der Waals surface area contributed by atoms with Gasteiger partial charge in [-0.2, -0.15) is 0 Å². The fraction of sp³-hybridized carbons (Fsp3) is 0.500. The van der Waals surface area contributed by atoms with E-state index >= 15 is 0 Å². The second-order valence-electron chi connectivity index (χ2n) is 4.88. The predicted molar refractivity (Wildman–Crippen MR) is 92.5 cm³/mol. The van der Waals surface area contributed by atoms with Crippen LogP contribution in [0.1, 0.15) is 24.0 Å². The average Bonchev–Trinajstić information content (AvgIpc) is 2.56. The SMILES string of the molecule is COC(=O)C(Br)CCc1ccc(CCC(Br)C(=O)OC)cc1. The van der Waals surface area contributed by atoms with Crippen LogP contribution in [-0.4, -0.2) is 35.8 Å². The zero-order valence-corrected chi connectivity index (χ0v) is 15.9. The number of rotatable bonds is 8. The first-order valence-electron chi connectivity index (χ1n) is 6.99. The fourth-order valence-corrected chi connectivity index (χ4v) is 2.78. The fourth-order valence-electron chi connectivity index (χ4n) is 1.95. The van der Waals surface area contributed by atoms with E-state index in [-0.39, 0.29) is 21.6 Å². The first-order valence-corrected chi connectivity index (χ1v) is 8.82. The molecule has 0 radical (unpaired) electrons. The molecule has 0 bridgehead atoms. The summed E-state index contributed by atoms with van der Waals surface area (Å²) in [5, 5.41) is 0. The molecule has 0 saturated heterocycles. The summed E-state index contributed by atoms with van der Waals surface area (Å²) >= 11 is 6.63. The smallest absolute Gasteiger partial charge is 0.319 e. The number of carbonyl (C=O) groups is 2. The van der Waals surface area contributed by atoms with Crippen LogP contribution < -0.4 is 0 Å². The Hall–Kier alpha value is -0.880. The molecule has 0 aliphatic heterocycles. The number of ether oxygens (including phenoxy) is 2. The van der Waals surface area contributed by atoms with Crippen LogP contribution in [0.4, 0.5) is 0 Å². The molecule has 0 aromatic heterocycles. The van der Waals surface area contributed by atoms with E-state index in [9.17, 15) is 9.59 Å². The van der Waals surface area contributed by atoms with Crippen LogP contribution in [0.2, 0.25) is 0 Å². The average molecular weight is 436 g/mol. The van der Waals surface area contributed by atoms with Gasteiger partial charge in [0.1, 0.15) is 9.65 Å². The third kappa shape index (κ3) is 6.48. The van der Waals surface area contributed by atoms with Gasteiger partial charge in [0.05, 0.1) is 14.2 Å². The summed E-state index contributed by atoms with van der Waals surface area (Å²) in [5.74, 6) is -0.495. The Bertz CT molecular complexity index is 442. The van der Waals surface area contributed by atoms with E-state index in [1.807, 2.05) is 24.3 Å². The highest BCUT2D eigenvalue weighted by Crippen LogP contribution is 2.16. The van der Waals surface area contributed by atoms with Gasteiger partial charge in [-0.3, -0.25) is 9.59 Å². The molecule has 1 rings (SSSR count). The van der Waals surface area contributed by atoms with E-state index in [1.54, 1.807) is 0 Å². The van der Waals surface area contributed by atoms with Crippen molar-refractivity contribution >= 4 is 43.8 Å². The number of halogens is 2. The first-order chi connectivity index (χ1) is 10.5. The topological polar surface area (TPSA) is 52.6 Å². The summed E-state index contributed by atoms with van der Waals surface area (Å²) in [6.45, 7) is 0. The Balaban J connectivity index is 2.43. The Labute approximate surface area is 147 Å². The molecule has 6 heteroatoms. The molecule has 0 N–H and O–H groups in total. The minimum Gasteiger partial charge on any atom is -0.468 e. The summed E-state index contributed by atoms with van der Waals surface area (Å²) in [6.07, 6.45) is 2.98. The molecule has 0 aliphatic rings. The molecule has 22 heavy (non-hydrogen) atoms. The molecular formula is C16H20Br2O4. The van der Waals surface area contributed by atoms with Gasteiger partial charge in [-0.1, -0.05) is 56.1 Å². The van der Waals surface area contributed by atoms with Gasteiger partial charge in [-0.15, -0.1) is 0 Å². The number of methoxy groups -OCH3 is 2. The lowest BCUT2D eigenvalue weighted by molar-refractivity contribution is -0.140. The number of esters is 2. The lowest BCUT2D eigenvalue weighted by Crippen LogP contribution is -2.16. The first kappa shape index (κ1) is 19.2. The van der Waals surface area contributed by atoms with Crippen molar-refractivity contribution in [3.8, 4) is 0 Å². The van der Waals surface area contributed by atoms with Crippen LogP contribution in [0.3, 0.4) is 0 Å². The standard InChI is InChI=1S/C16H20Br2O4/c1-21-15(19)13(17)9-7-11-3-5-12(6-4-11)8-10-14(18)16(20)22-2/h3-6,13-14H,7-10H2,1-2H3. The Morgan fingerprint density at radius 1 is 0.864 bits per heavy atom. The highest BCUT2D eigenvalue weighted by atomic mass is 79.9. The Kier molecular flexibility index (Phi) is 8.71. The minimum absolute atomic E-state index is 0.247. The number of aryl methyl sites for hydroxylation is 2. The van der Waals surface area contributed by atoms with Crippen molar-refractivity contribution in [3.63, 3.8) is 0 Å². The van der Waals surface area contributed by atoms with E-state index in [0.29, 0.717) is 12.8 Å². The number of hydrogen-bond acceptors (Lipinski definition) is 4. The van der Waals surface area contributed by atoms with Crippen molar-refractivity contribution in [1.29, 1.82) is 0 Å². The number of hydrogen-bond donors (Lipinski definition) is 0. The van der Waals surface area contributed by atoms with Crippen molar-refractivity contribution in [2.45, 2.75) is 35.3 Å². The summed E-state index contributed by atoms with van der Waals surface area (Å²) in [6, 6.07) is 8.20. The molecule has 4 nitrogen and oxygen atoms in total. The van der Waals surface area contributed by atoms with Gasteiger partial charge in [0.25, 0.3) is 0 Å². The van der Waals surface area contributed by atoms with Gasteiger partial charge in [0.15, 0.2) is 0 Å². The molecular weight excluding hydrogens is 416 g/mol. The normalized spacial score (nSPS) is 13.3. The Morgan fingerprint density at radius 2 is 1.18 bits per heavy atom. The monoisotopic (exact) mass is 434 g/mol. The summed E-state index contributed by atoms with van der Waals surface area (Å²) in [5.41, 5.74) is 2.33. The molecule has 2 atom stereocenters. The lowest BCUT2D eigenvalue weighted by Gasteiger charge is -2.09. The van der Waals surface area contributed by atoms with Crippen LogP contribution in [0.5, 0.6) is 0 Å². The second kappa shape index (κ2) is 10.0. The number of benzene rings is 1. The van der Waals surface area contributed by atoms with Crippen molar-refractivity contribution < 1.29 is 19.1 Å². The molecule has 122 valence electrons. The number of alkyl halides is 2. The molecule has 0 amide bonds. The van der Waals surface area contributed by atoms with Crippen LogP contribution in [0.15, 0.2) is 24.3 Å². The second-order valence-corrected chi connectivity index (χ2v) is 7.09. The number of carbonyl (C=O) groups excluding carboxylic acids is 2. The van der Waals surface area contributed by atoms with Crippen molar-refractivity contribution in [3.05, 3.63) is 35.4 Å². The minimum atomic E-state index is -0.272. The molecule has 1 aromatic rings. The van der Waals surface area contributed by atoms with Crippen molar-refractivity contribution in [1.82, 2.24) is 0 Å².